The van der Waals surface area contributed by atoms with Gasteiger partial charge in [-0.3, -0.25) is 0 Å². The predicted molar refractivity (Wildman–Crippen MR) is 175 cm³/mol. The molecule has 1 aliphatic carbocycles. The third-order valence-corrected chi connectivity index (χ3v) is 10.2. The summed E-state index contributed by atoms with van der Waals surface area (Å²) in [4.78, 5) is 0. The number of rotatable bonds is 13. The number of hydrogen-bond donors (Lipinski definition) is 6. The molecule has 1 aromatic rings. The summed E-state index contributed by atoms with van der Waals surface area (Å²) in [7, 11) is 0. The monoisotopic (exact) mass is 644 g/mol. The molecule has 10 unspecified atom stereocenters. The Labute approximate surface area is 274 Å². The van der Waals surface area contributed by atoms with Crippen molar-refractivity contribution in [2.75, 3.05) is 6.61 Å². The van der Waals surface area contributed by atoms with Crippen LogP contribution in [0.4, 0.5) is 0 Å². The number of allylic oxidation sites excluding steroid dienone is 1. The molecule has 9 heteroatoms. The zero-order valence-corrected chi connectivity index (χ0v) is 27.6. The molecular formula is C37H56O9. The fourth-order valence-corrected chi connectivity index (χ4v) is 7.43. The Hall–Kier alpha value is -2.16. The average molecular weight is 645 g/mol. The van der Waals surface area contributed by atoms with Gasteiger partial charge in [0.05, 0.1) is 11.7 Å². The van der Waals surface area contributed by atoms with Crippen molar-refractivity contribution in [3.8, 4) is 17.8 Å². The molecule has 46 heavy (non-hydrogen) atoms. The van der Waals surface area contributed by atoms with E-state index in [1.807, 2.05) is 12.1 Å². The fraction of sp³-hybridized carbons (Fsp3) is 0.730. The van der Waals surface area contributed by atoms with E-state index < -0.39 is 53.9 Å². The number of benzene rings is 1. The molecule has 1 aromatic carbocycles. The second-order valence-electron chi connectivity index (χ2n) is 14.3. The minimum Gasteiger partial charge on any atom is -0.462 e. The van der Waals surface area contributed by atoms with Crippen molar-refractivity contribution in [1.82, 2.24) is 0 Å². The molecule has 1 saturated carbocycles. The number of aliphatic hydroxyl groups excluding tert-OH is 4. The zero-order valence-electron chi connectivity index (χ0n) is 27.6. The Bertz CT molecular complexity index is 1150. The second-order valence-corrected chi connectivity index (χ2v) is 14.3. The average Bonchev–Trinajstić information content (AvgIpc) is 3.03. The normalized spacial score (nSPS) is 36.5. The van der Waals surface area contributed by atoms with Gasteiger partial charge in [0, 0.05) is 13.0 Å². The number of hydrogen-bond acceptors (Lipinski definition) is 9. The van der Waals surface area contributed by atoms with Gasteiger partial charge in [-0.05, 0) is 86.8 Å². The van der Waals surface area contributed by atoms with Gasteiger partial charge in [0.2, 0.25) is 6.29 Å². The molecule has 6 N–H and O–H groups in total. The summed E-state index contributed by atoms with van der Waals surface area (Å²) in [5.74, 6) is 3.71. The van der Waals surface area contributed by atoms with Crippen molar-refractivity contribution < 1.29 is 44.8 Å². The lowest BCUT2D eigenvalue weighted by Crippen LogP contribution is -2.70. The summed E-state index contributed by atoms with van der Waals surface area (Å²) in [6, 6.07) is 7.22. The van der Waals surface area contributed by atoms with Crippen LogP contribution in [0.15, 0.2) is 36.9 Å². The van der Waals surface area contributed by atoms with E-state index in [1.165, 1.54) is 0 Å². The van der Waals surface area contributed by atoms with Gasteiger partial charge < -0.3 is 44.8 Å². The van der Waals surface area contributed by atoms with E-state index in [4.69, 9.17) is 14.2 Å². The summed E-state index contributed by atoms with van der Waals surface area (Å²) in [6.07, 6.45) is 4.36. The SMILES string of the molecule is C=CCc1ccc(OC2OC3C(CCCO)OC#CCC(O)C(CCC4(O)CCCC(CCC(C)C)C4)CC2(O)C(O)C3O)cc1. The second kappa shape index (κ2) is 16.8. The molecular weight excluding hydrogens is 588 g/mol. The fourth-order valence-electron chi connectivity index (χ4n) is 7.43. The van der Waals surface area contributed by atoms with E-state index in [0.717, 1.165) is 31.2 Å². The van der Waals surface area contributed by atoms with Crippen LogP contribution in [-0.2, 0) is 15.9 Å². The number of fused-ring (bicyclic) bond motifs is 8. The first-order chi connectivity index (χ1) is 22.0. The molecule has 258 valence electrons. The highest BCUT2D eigenvalue weighted by Crippen LogP contribution is 2.43. The largest absolute Gasteiger partial charge is 0.462 e. The third-order valence-electron chi connectivity index (χ3n) is 10.2. The maximum atomic E-state index is 12.3. The van der Waals surface area contributed by atoms with Gasteiger partial charge in [0.1, 0.15) is 36.3 Å². The van der Waals surface area contributed by atoms with Crippen LogP contribution in [0.2, 0.25) is 0 Å². The van der Waals surface area contributed by atoms with E-state index in [-0.39, 0.29) is 25.9 Å². The van der Waals surface area contributed by atoms with Crippen molar-refractivity contribution in [2.45, 2.75) is 145 Å². The molecule has 0 radical (unpaired) electrons. The van der Waals surface area contributed by atoms with Gasteiger partial charge in [-0.25, -0.2) is 0 Å². The van der Waals surface area contributed by atoms with Crippen LogP contribution in [-0.4, -0.2) is 85.3 Å². The first kappa shape index (κ1) is 36.7. The highest BCUT2D eigenvalue weighted by molar-refractivity contribution is 5.29. The summed E-state index contributed by atoms with van der Waals surface area (Å²) >= 11 is 0. The minimum atomic E-state index is -2.12. The lowest BCUT2D eigenvalue weighted by Gasteiger charge is -2.50. The Morgan fingerprint density at radius 3 is 2.54 bits per heavy atom. The molecule has 2 fully saturated rings. The van der Waals surface area contributed by atoms with Gasteiger partial charge >= 0.3 is 0 Å². The number of ether oxygens (including phenoxy) is 3. The van der Waals surface area contributed by atoms with E-state index in [2.05, 4.69) is 32.5 Å². The highest BCUT2D eigenvalue weighted by Gasteiger charge is 2.59. The van der Waals surface area contributed by atoms with Crippen LogP contribution in [0.5, 0.6) is 5.75 Å². The smallest absolute Gasteiger partial charge is 0.232 e. The van der Waals surface area contributed by atoms with Crippen LogP contribution >= 0.6 is 0 Å². The number of aliphatic hydroxyl groups is 6. The zero-order chi connectivity index (χ0) is 33.3. The first-order valence-electron chi connectivity index (χ1n) is 17.2. The predicted octanol–water partition coefficient (Wildman–Crippen LogP) is 4.00. The lowest BCUT2D eigenvalue weighted by molar-refractivity contribution is -0.333. The lowest BCUT2D eigenvalue weighted by atomic mass is 9.71. The molecule has 0 amide bonds. The Morgan fingerprint density at radius 2 is 1.85 bits per heavy atom. The molecule has 1 saturated heterocycles. The Kier molecular flexibility index (Phi) is 13.4. The van der Waals surface area contributed by atoms with Gasteiger partial charge in [-0.15, -0.1) is 6.58 Å². The Morgan fingerprint density at radius 1 is 1.09 bits per heavy atom. The van der Waals surface area contributed by atoms with Gasteiger partial charge in [-0.2, -0.15) is 0 Å². The van der Waals surface area contributed by atoms with Crippen molar-refractivity contribution in [1.29, 1.82) is 0 Å². The summed E-state index contributed by atoms with van der Waals surface area (Å²) in [5, 5.41) is 67.7. The maximum absolute atomic E-state index is 12.3. The standard InChI is InChI=1S/C37H56O9/c1-4-8-26-14-16-29(17-15-26)45-35-37(43)24-28(18-20-36(42)19-5-9-27(23-36)13-12-25(2)3)30(39)10-7-22-44-31(11-6-21-38)33(46-35)32(40)34(37)41/h4,14-17,25,27-28,30-35,38-43H,1,5-6,8-13,18-21,23-24H2,2-3H3. The van der Waals surface area contributed by atoms with Crippen LogP contribution in [0.1, 0.15) is 96.5 Å². The molecule has 0 spiro atoms. The molecule has 9 nitrogen and oxygen atoms in total. The molecule has 3 aliphatic heterocycles. The molecule has 4 aliphatic rings. The highest BCUT2D eigenvalue weighted by atomic mass is 16.7. The minimum absolute atomic E-state index is 0.0589. The molecule has 3 heterocycles. The Balaban J connectivity index is 1.62. The van der Waals surface area contributed by atoms with Gasteiger partial charge in [-0.1, -0.05) is 63.7 Å². The van der Waals surface area contributed by atoms with E-state index in [0.29, 0.717) is 56.1 Å². The van der Waals surface area contributed by atoms with Gasteiger partial charge in [0.15, 0.2) is 5.60 Å². The van der Waals surface area contributed by atoms with Crippen molar-refractivity contribution >= 4 is 0 Å². The van der Waals surface area contributed by atoms with Crippen molar-refractivity contribution in [2.24, 2.45) is 17.8 Å². The van der Waals surface area contributed by atoms with Crippen molar-refractivity contribution in [3.63, 3.8) is 0 Å². The summed E-state index contributed by atoms with van der Waals surface area (Å²) in [6.45, 7) is 8.08. The van der Waals surface area contributed by atoms with Crippen LogP contribution in [0, 0.1) is 29.8 Å². The molecule has 5 rings (SSSR count). The maximum Gasteiger partial charge on any atom is 0.232 e. The van der Waals surface area contributed by atoms with Crippen LogP contribution < -0.4 is 4.74 Å². The molecule has 2 bridgehead atoms. The van der Waals surface area contributed by atoms with Crippen LogP contribution in [0.3, 0.4) is 0 Å². The molecule has 0 aromatic heterocycles. The van der Waals surface area contributed by atoms with Gasteiger partial charge in [0.25, 0.3) is 0 Å². The molecule has 10 atom stereocenters. The third kappa shape index (κ3) is 9.47. The summed E-state index contributed by atoms with van der Waals surface area (Å²) < 4.78 is 18.2. The van der Waals surface area contributed by atoms with E-state index in [1.54, 1.807) is 18.2 Å². The topological polar surface area (TPSA) is 149 Å². The van der Waals surface area contributed by atoms with Crippen molar-refractivity contribution in [3.05, 3.63) is 42.5 Å². The quantitative estimate of drug-likeness (QED) is 0.138. The van der Waals surface area contributed by atoms with E-state index in [9.17, 15) is 30.6 Å². The first-order valence-corrected chi connectivity index (χ1v) is 17.2. The van der Waals surface area contributed by atoms with Crippen LogP contribution in [0.25, 0.3) is 0 Å². The summed E-state index contributed by atoms with van der Waals surface area (Å²) in [5.41, 5.74) is -1.98. The van der Waals surface area contributed by atoms with E-state index >= 15 is 0 Å².